The van der Waals surface area contributed by atoms with Crippen LogP contribution < -0.4 is 5.73 Å². The number of aromatic nitrogens is 2. The largest absolute Gasteiger partial charge is 0.341 e. The van der Waals surface area contributed by atoms with Gasteiger partial charge in [0.2, 0.25) is 5.91 Å². The summed E-state index contributed by atoms with van der Waals surface area (Å²) in [7, 11) is 0. The number of amides is 1. The number of rotatable bonds is 8. The van der Waals surface area contributed by atoms with Gasteiger partial charge >= 0.3 is 0 Å². The summed E-state index contributed by atoms with van der Waals surface area (Å²) < 4.78 is 1.77. The first kappa shape index (κ1) is 21.4. The van der Waals surface area contributed by atoms with E-state index in [2.05, 4.69) is 17.2 Å². The van der Waals surface area contributed by atoms with Gasteiger partial charge < -0.3 is 10.6 Å². The summed E-state index contributed by atoms with van der Waals surface area (Å²) in [6, 6.07) is 12.0. The first-order valence-electron chi connectivity index (χ1n) is 7.29. The zero-order chi connectivity index (χ0) is 14.9. The Hall–Kier alpha value is -1.56. The van der Waals surface area contributed by atoms with Gasteiger partial charge in [-0.2, -0.15) is 5.10 Å². The Morgan fingerprint density at radius 1 is 1.13 bits per heavy atom. The summed E-state index contributed by atoms with van der Waals surface area (Å²) in [5, 5.41) is 4.11. The fourth-order valence-electron chi connectivity index (χ4n) is 2.23. The third-order valence-electron chi connectivity index (χ3n) is 3.38. The number of hydrogen-bond donors (Lipinski definition) is 1. The van der Waals surface area contributed by atoms with Gasteiger partial charge in [0.25, 0.3) is 0 Å². The van der Waals surface area contributed by atoms with Crippen LogP contribution in [0.3, 0.4) is 0 Å². The minimum absolute atomic E-state index is 0. The fourth-order valence-corrected chi connectivity index (χ4v) is 2.23. The molecule has 23 heavy (non-hydrogen) atoms. The molecule has 0 aliphatic rings. The van der Waals surface area contributed by atoms with Gasteiger partial charge in [0, 0.05) is 45.0 Å². The van der Waals surface area contributed by atoms with Crippen LogP contribution in [0.15, 0.2) is 48.8 Å². The summed E-state index contributed by atoms with van der Waals surface area (Å²) >= 11 is 0. The van der Waals surface area contributed by atoms with Gasteiger partial charge in [-0.25, -0.2) is 0 Å². The van der Waals surface area contributed by atoms with Crippen molar-refractivity contribution >= 4 is 30.7 Å². The van der Waals surface area contributed by atoms with Gasteiger partial charge in [-0.05, 0) is 18.1 Å². The average Bonchev–Trinajstić information content (AvgIpc) is 3.03. The topological polar surface area (TPSA) is 64.2 Å². The summed E-state index contributed by atoms with van der Waals surface area (Å²) in [6.45, 7) is 2.41. The van der Waals surface area contributed by atoms with E-state index >= 15 is 0 Å². The van der Waals surface area contributed by atoms with Crippen molar-refractivity contribution in [3.63, 3.8) is 0 Å². The maximum atomic E-state index is 12.3. The number of nitrogens with zero attached hydrogens (tertiary/aromatic N) is 3. The molecule has 1 aromatic heterocycles. The van der Waals surface area contributed by atoms with Crippen LogP contribution in [0.5, 0.6) is 0 Å². The molecule has 0 unspecified atom stereocenters. The number of benzene rings is 1. The molecule has 7 heteroatoms. The molecule has 0 bridgehead atoms. The Kier molecular flexibility index (Phi) is 11.1. The van der Waals surface area contributed by atoms with E-state index in [1.807, 2.05) is 35.4 Å². The third kappa shape index (κ3) is 7.50. The number of carbonyl (C=O) groups is 1. The maximum absolute atomic E-state index is 12.3. The minimum atomic E-state index is 0. The van der Waals surface area contributed by atoms with Crippen molar-refractivity contribution in [3.8, 4) is 0 Å². The van der Waals surface area contributed by atoms with Crippen molar-refractivity contribution in [3.05, 3.63) is 54.4 Å². The summed E-state index contributed by atoms with van der Waals surface area (Å²) in [5.41, 5.74) is 6.85. The molecule has 0 saturated carbocycles. The summed E-state index contributed by atoms with van der Waals surface area (Å²) in [5.74, 6) is 0.131. The fraction of sp³-hybridized carbons (Fsp3) is 0.375. The van der Waals surface area contributed by atoms with Crippen LogP contribution >= 0.6 is 24.8 Å². The third-order valence-corrected chi connectivity index (χ3v) is 3.38. The lowest BCUT2D eigenvalue weighted by Gasteiger charge is -2.22. The Morgan fingerprint density at radius 3 is 2.48 bits per heavy atom. The molecule has 2 N–H and O–H groups in total. The second-order valence-corrected chi connectivity index (χ2v) is 4.92. The van der Waals surface area contributed by atoms with Gasteiger partial charge in [0.05, 0.1) is 0 Å². The normalized spacial score (nSPS) is 9.61. The van der Waals surface area contributed by atoms with E-state index in [1.54, 1.807) is 10.9 Å². The first-order valence-corrected chi connectivity index (χ1v) is 7.29. The lowest BCUT2D eigenvalue weighted by Crippen LogP contribution is -2.37. The highest BCUT2D eigenvalue weighted by Gasteiger charge is 2.12. The van der Waals surface area contributed by atoms with E-state index in [4.69, 9.17) is 5.73 Å². The van der Waals surface area contributed by atoms with Crippen LogP contribution in [0.1, 0.15) is 12.0 Å². The highest BCUT2D eigenvalue weighted by molar-refractivity contribution is 5.85. The van der Waals surface area contributed by atoms with Crippen LogP contribution in [0.2, 0.25) is 0 Å². The van der Waals surface area contributed by atoms with Crippen LogP contribution in [0.4, 0.5) is 0 Å². The van der Waals surface area contributed by atoms with Gasteiger partial charge in [0.1, 0.15) is 0 Å². The van der Waals surface area contributed by atoms with Crippen molar-refractivity contribution in [1.29, 1.82) is 0 Å². The van der Waals surface area contributed by atoms with Gasteiger partial charge in [-0.15, -0.1) is 24.8 Å². The summed E-state index contributed by atoms with van der Waals surface area (Å²) in [6.07, 6.45) is 4.90. The minimum Gasteiger partial charge on any atom is -0.341 e. The van der Waals surface area contributed by atoms with Gasteiger partial charge in [-0.1, -0.05) is 30.3 Å². The van der Waals surface area contributed by atoms with Crippen molar-refractivity contribution in [2.24, 2.45) is 5.73 Å². The second kappa shape index (κ2) is 11.9. The van der Waals surface area contributed by atoms with Crippen molar-refractivity contribution in [2.45, 2.75) is 19.4 Å². The zero-order valence-corrected chi connectivity index (χ0v) is 14.6. The first-order chi connectivity index (χ1) is 10.3. The number of nitrogens with two attached hydrogens (primary N) is 1. The zero-order valence-electron chi connectivity index (χ0n) is 13.0. The second-order valence-electron chi connectivity index (χ2n) is 4.92. The Bertz CT molecular complexity index is 534. The number of carbonyl (C=O) groups excluding carboxylic acids is 1. The molecule has 0 radical (unpaired) electrons. The van der Waals surface area contributed by atoms with Crippen LogP contribution in [-0.4, -0.2) is 40.2 Å². The average molecular weight is 359 g/mol. The molecule has 0 spiro atoms. The van der Waals surface area contributed by atoms with Gasteiger partial charge in [0.15, 0.2) is 0 Å². The van der Waals surface area contributed by atoms with Crippen molar-refractivity contribution in [1.82, 2.24) is 14.7 Å². The highest BCUT2D eigenvalue weighted by Crippen LogP contribution is 2.03. The smallest absolute Gasteiger partial charge is 0.224 e. The molecular formula is C16H24Cl2N4O. The predicted molar refractivity (Wildman–Crippen MR) is 97.1 cm³/mol. The number of hydrogen-bond acceptors (Lipinski definition) is 3. The molecule has 128 valence electrons. The molecule has 2 rings (SSSR count). The monoisotopic (exact) mass is 358 g/mol. The maximum Gasteiger partial charge on any atom is 0.224 e. The molecule has 5 nitrogen and oxygen atoms in total. The Labute approximate surface area is 149 Å². The molecular weight excluding hydrogens is 335 g/mol. The van der Waals surface area contributed by atoms with Crippen molar-refractivity contribution in [2.75, 3.05) is 19.6 Å². The predicted octanol–water partition coefficient (Wildman–Crippen LogP) is 2.15. The van der Waals surface area contributed by atoms with E-state index in [9.17, 15) is 4.79 Å². The lowest BCUT2D eigenvalue weighted by molar-refractivity contribution is -0.131. The Morgan fingerprint density at radius 2 is 1.87 bits per heavy atom. The van der Waals surface area contributed by atoms with E-state index in [0.29, 0.717) is 32.6 Å². The molecule has 0 saturated heterocycles. The van der Waals surface area contributed by atoms with E-state index in [1.165, 1.54) is 5.56 Å². The van der Waals surface area contributed by atoms with E-state index in [0.717, 1.165) is 6.42 Å². The molecule has 2 aromatic rings. The number of aryl methyl sites for hydroxylation is 1. The molecule has 1 aromatic carbocycles. The number of halogens is 2. The molecule has 0 aliphatic carbocycles. The van der Waals surface area contributed by atoms with Gasteiger partial charge in [-0.3, -0.25) is 9.48 Å². The molecule has 1 heterocycles. The van der Waals surface area contributed by atoms with Crippen molar-refractivity contribution < 1.29 is 4.79 Å². The van der Waals surface area contributed by atoms with E-state index in [-0.39, 0.29) is 30.7 Å². The molecule has 0 aliphatic heterocycles. The SMILES string of the molecule is Cl.Cl.NCCN(CCc1ccccc1)C(=O)CCn1cccn1. The summed E-state index contributed by atoms with van der Waals surface area (Å²) in [4.78, 5) is 14.1. The van der Waals surface area contributed by atoms with Crippen LogP contribution in [0.25, 0.3) is 0 Å². The molecule has 0 fully saturated rings. The standard InChI is InChI=1S/C16H22N4O.2ClH/c17-9-14-19(12-7-15-5-2-1-3-6-15)16(21)8-13-20-11-4-10-18-20;;/h1-6,10-11H,7-9,12-14,17H2;2*1H. The lowest BCUT2D eigenvalue weighted by atomic mass is 10.1. The van der Waals surface area contributed by atoms with Crippen LogP contribution in [-0.2, 0) is 17.8 Å². The quantitative estimate of drug-likeness (QED) is 0.786. The Balaban J connectivity index is 0.00000242. The van der Waals surface area contributed by atoms with E-state index < -0.39 is 0 Å². The molecule has 0 atom stereocenters. The van der Waals surface area contributed by atoms with Crippen LogP contribution in [0, 0.1) is 0 Å². The molecule has 1 amide bonds. The highest BCUT2D eigenvalue weighted by atomic mass is 35.5.